The van der Waals surface area contributed by atoms with Gasteiger partial charge in [-0.3, -0.25) is 4.79 Å². The van der Waals surface area contributed by atoms with E-state index in [1.807, 2.05) is 47.5 Å². The van der Waals surface area contributed by atoms with Crippen LogP contribution in [0.2, 0.25) is 10.0 Å². The molecule has 6 heteroatoms. The van der Waals surface area contributed by atoms with Gasteiger partial charge in [0.2, 0.25) is 0 Å². The van der Waals surface area contributed by atoms with Gasteiger partial charge in [0.15, 0.2) is 11.2 Å². The molecule has 0 unspecified atom stereocenters. The van der Waals surface area contributed by atoms with E-state index in [4.69, 9.17) is 23.2 Å². The highest BCUT2D eigenvalue weighted by Gasteiger charge is 2.64. The average Bonchev–Trinajstić information content (AvgIpc) is 3.15. The zero-order valence-corrected chi connectivity index (χ0v) is 18.8. The normalized spacial score (nSPS) is 22.1. The number of carbonyl (C=O) groups is 1. The first-order valence-corrected chi connectivity index (χ1v) is 11.2. The third-order valence-electron chi connectivity index (χ3n) is 6.57. The largest absolute Gasteiger partial charge is 0.357 e. The molecule has 0 bridgehead atoms. The van der Waals surface area contributed by atoms with Crippen molar-refractivity contribution < 1.29 is 4.79 Å². The summed E-state index contributed by atoms with van der Waals surface area (Å²) in [4.78, 5) is 15.8. The van der Waals surface area contributed by atoms with Crippen LogP contribution < -0.4 is 0 Å². The van der Waals surface area contributed by atoms with Gasteiger partial charge in [0.05, 0.1) is 18.2 Å². The van der Waals surface area contributed by atoms with Crippen LogP contribution in [0.15, 0.2) is 79.0 Å². The van der Waals surface area contributed by atoms with E-state index >= 15 is 0 Å². The molecule has 0 spiro atoms. The Kier molecular flexibility index (Phi) is 5.22. The number of nitriles is 2. The molecule has 5 rings (SSSR count). The van der Waals surface area contributed by atoms with Crippen molar-refractivity contribution in [3.63, 3.8) is 0 Å². The first kappa shape index (κ1) is 21.3. The van der Waals surface area contributed by atoms with E-state index in [9.17, 15) is 15.3 Å². The lowest BCUT2D eigenvalue weighted by molar-refractivity contribution is 0.0875. The predicted molar refractivity (Wildman–Crippen MR) is 127 cm³/mol. The van der Waals surface area contributed by atoms with Crippen molar-refractivity contribution in [2.24, 2.45) is 5.41 Å². The fourth-order valence-electron chi connectivity index (χ4n) is 5.17. The van der Waals surface area contributed by atoms with E-state index < -0.39 is 23.4 Å². The summed E-state index contributed by atoms with van der Waals surface area (Å²) in [5.74, 6) is -0.973. The van der Waals surface area contributed by atoms with Crippen molar-refractivity contribution in [2.45, 2.75) is 18.0 Å². The molecule has 1 saturated heterocycles. The number of hydrogen-bond donors (Lipinski definition) is 0. The lowest BCUT2D eigenvalue weighted by Gasteiger charge is -2.34. The molecule has 0 N–H and O–H groups in total. The van der Waals surface area contributed by atoms with Gasteiger partial charge in [0, 0.05) is 27.7 Å². The summed E-state index contributed by atoms with van der Waals surface area (Å²) < 4.78 is 0. The van der Waals surface area contributed by atoms with Gasteiger partial charge in [-0.15, -0.1) is 0 Å². The van der Waals surface area contributed by atoms with Crippen molar-refractivity contribution in [3.8, 4) is 12.1 Å². The summed E-state index contributed by atoms with van der Waals surface area (Å²) >= 11 is 12.8. The van der Waals surface area contributed by atoms with Crippen LogP contribution in [-0.4, -0.2) is 16.7 Å². The van der Waals surface area contributed by atoms with E-state index in [0.29, 0.717) is 21.2 Å². The first-order chi connectivity index (χ1) is 16.0. The average molecular weight is 470 g/mol. The molecular weight excluding hydrogens is 453 g/mol. The molecule has 0 aliphatic carbocycles. The van der Waals surface area contributed by atoms with E-state index in [1.54, 1.807) is 42.5 Å². The van der Waals surface area contributed by atoms with Crippen LogP contribution in [0.1, 0.15) is 39.0 Å². The quantitative estimate of drug-likeness (QED) is 0.415. The molecule has 0 radical (unpaired) electrons. The summed E-state index contributed by atoms with van der Waals surface area (Å²) in [6.45, 7) is 0. The molecule has 3 atom stereocenters. The molecule has 0 aromatic heterocycles. The highest BCUT2D eigenvalue weighted by Crippen LogP contribution is 2.60. The lowest BCUT2D eigenvalue weighted by atomic mass is 9.67. The topological polar surface area (TPSA) is 67.9 Å². The van der Waals surface area contributed by atoms with Crippen LogP contribution in [0.5, 0.6) is 0 Å². The second kappa shape index (κ2) is 8.09. The van der Waals surface area contributed by atoms with Gasteiger partial charge >= 0.3 is 0 Å². The maximum Gasteiger partial charge on any atom is 0.185 e. The molecule has 0 amide bonds. The zero-order valence-electron chi connectivity index (χ0n) is 17.3. The number of nitrogens with zero attached hydrogens (tertiary/aromatic N) is 3. The van der Waals surface area contributed by atoms with E-state index in [-0.39, 0.29) is 5.78 Å². The molecule has 4 nitrogen and oxygen atoms in total. The minimum Gasteiger partial charge on any atom is -0.357 e. The Morgan fingerprint density at radius 2 is 1.61 bits per heavy atom. The molecular formula is C27H17Cl2N3O. The fourth-order valence-corrected chi connectivity index (χ4v) is 5.69. The predicted octanol–water partition coefficient (Wildman–Crippen LogP) is 6.40. The number of Topliss-reactive ketones (excluding diaryl/α,β-unsaturated/α-hetero) is 1. The molecule has 2 aliphatic heterocycles. The zero-order chi connectivity index (χ0) is 23.2. The summed E-state index contributed by atoms with van der Waals surface area (Å²) in [6.07, 6.45) is 3.74. The molecule has 2 aliphatic rings. The summed E-state index contributed by atoms with van der Waals surface area (Å²) in [5.41, 5.74) is 1.26. The third-order valence-corrected chi connectivity index (χ3v) is 7.13. The van der Waals surface area contributed by atoms with Crippen LogP contribution in [-0.2, 0) is 0 Å². The molecule has 3 aromatic rings. The van der Waals surface area contributed by atoms with Gasteiger partial charge < -0.3 is 4.90 Å². The van der Waals surface area contributed by atoms with Crippen LogP contribution in [0, 0.1) is 28.1 Å². The molecule has 2 heterocycles. The van der Waals surface area contributed by atoms with Gasteiger partial charge in [0.25, 0.3) is 0 Å². The van der Waals surface area contributed by atoms with Crippen LogP contribution in [0.3, 0.4) is 0 Å². The van der Waals surface area contributed by atoms with Crippen molar-refractivity contribution in [3.05, 3.63) is 111 Å². The second-order valence-corrected chi connectivity index (χ2v) is 9.05. The first-order valence-electron chi connectivity index (χ1n) is 10.4. The minimum absolute atomic E-state index is 0.173. The number of carbonyl (C=O) groups excluding carboxylic acids is 1. The van der Waals surface area contributed by atoms with Gasteiger partial charge in [0.1, 0.15) is 6.04 Å². The highest BCUT2D eigenvalue weighted by molar-refractivity contribution is 6.35. The summed E-state index contributed by atoms with van der Waals surface area (Å²) in [7, 11) is 0. The molecule has 160 valence electrons. The minimum atomic E-state index is -1.56. The Morgan fingerprint density at radius 1 is 0.909 bits per heavy atom. The van der Waals surface area contributed by atoms with Crippen LogP contribution in [0.4, 0.5) is 0 Å². The van der Waals surface area contributed by atoms with Gasteiger partial charge in [-0.25, -0.2) is 0 Å². The summed E-state index contributed by atoms with van der Waals surface area (Å²) in [6, 6.07) is 24.7. The maximum absolute atomic E-state index is 13.9. The SMILES string of the molecule is N#CC1(C#N)[C@@H](c2ccc(Cl)cc2Cl)[C@H](C(=O)c2ccccc2)N2C=Cc3ccccc3[C@@H]21. The van der Waals surface area contributed by atoms with Crippen molar-refractivity contribution in [1.82, 2.24) is 4.90 Å². The number of ketones is 1. The Morgan fingerprint density at radius 3 is 2.30 bits per heavy atom. The third kappa shape index (κ3) is 3.15. The van der Waals surface area contributed by atoms with Crippen molar-refractivity contribution >= 4 is 35.1 Å². The van der Waals surface area contributed by atoms with Gasteiger partial charge in [-0.05, 0) is 34.9 Å². The van der Waals surface area contributed by atoms with Gasteiger partial charge in [-0.1, -0.05) is 83.9 Å². The molecule has 0 saturated carbocycles. The smallest absolute Gasteiger partial charge is 0.185 e. The standard InChI is InChI=1S/C27H17Cl2N3O/c28-19-10-11-21(22(29)14-19)23-24(25(33)18-7-2-1-3-8-18)32-13-12-17-6-4-5-9-20(17)26(32)27(23,15-30)16-31/h1-14,23-24,26H/t23-,24+,26+/m0/s1. The van der Waals surface area contributed by atoms with E-state index in [1.165, 1.54) is 0 Å². The number of rotatable bonds is 3. The Hall–Kier alpha value is -3.57. The van der Waals surface area contributed by atoms with E-state index in [2.05, 4.69) is 12.1 Å². The monoisotopic (exact) mass is 469 g/mol. The molecule has 1 fully saturated rings. The Labute approximate surface area is 201 Å². The fraction of sp³-hybridized carbons (Fsp3) is 0.148. The summed E-state index contributed by atoms with van der Waals surface area (Å²) in [5, 5.41) is 21.8. The van der Waals surface area contributed by atoms with Crippen LogP contribution >= 0.6 is 23.2 Å². The number of fused-ring (bicyclic) bond motifs is 3. The number of halogens is 2. The Balaban J connectivity index is 1.80. The van der Waals surface area contributed by atoms with Gasteiger partial charge in [-0.2, -0.15) is 10.5 Å². The van der Waals surface area contributed by atoms with Crippen molar-refractivity contribution in [1.29, 1.82) is 10.5 Å². The number of hydrogen-bond acceptors (Lipinski definition) is 4. The highest BCUT2D eigenvalue weighted by atomic mass is 35.5. The Bertz CT molecular complexity index is 1360. The lowest BCUT2D eigenvalue weighted by Crippen LogP contribution is -2.37. The molecule has 3 aromatic carbocycles. The maximum atomic E-state index is 13.9. The van der Waals surface area contributed by atoms with Crippen molar-refractivity contribution in [2.75, 3.05) is 0 Å². The second-order valence-electron chi connectivity index (χ2n) is 8.21. The number of benzene rings is 3. The van der Waals surface area contributed by atoms with E-state index in [0.717, 1.165) is 11.1 Å². The molecule has 33 heavy (non-hydrogen) atoms. The van der Waals surface area contributed by atoms with Crippen LogP contribution in [0.25, 0.3) is 6.08 Å².